The molecular formula is C89H65N5. The minimum absolute atomic E-state index is 0.131. The SMILES string of the molecule is CCc1ccccc1-c1ccc(-n2c3ccccc3c3ccc(-c4ccc5c6ccc(-c7ccc8c9ccccc9n(-c9ccc%10c(c9)C(C)(C)c9ccccc9-%10)c8c7)cc6n(-c6cccc(-c7nc(-c8ccccc8)cc(-c8ccccc8)n7)c6)c5c4)cc32)cc1CC. The van der Waals surface area contributed by atoms with Crippen molar-refractivity contribution in [3.05, 3.63) is 320 Å². The summed E-state index contributed by atoms with van der Waals surface area (Å²) in [6, 6.07) is 110. The van der Waals surface area contributed by atoms with Crippen LogP contribution in [0.4, 0.5) is 0 Å². The highest BCUT2D eigenvalue weighted by molar-refractivity contribution is 6.14. The molecule has 94 heavy (non-hydrogen) atoms. The van der Waals surface area contributed by atoms with E-state index in [0.29, 0.717) is 5.82 Å². The predicted octanol–water partition coefficient (Wildman–Crippen LogP) is 23.2. The minimum atomic E-state index is -0.131. The van der Waals surface area contributed by atoms with Gasteiger partial charge in [-0.25, -0.2) is 9.97 Å². The van der Waals surface area contributed by atoms with Gasteiger partial charge in [-0.1, -0.05) is 246 Å². The van der Waals surface area contributed by atoms with Crippen molar-refractivity contribution in [1.82, 2.24) is 23.7 Å². The number of rotatable bonds is 11. The molecule has 0 amide bonds. The summed E-state index contributed by atoms with van der Waals surface area (Å²) < 4.78 is 7.43. The van der Waals surface area contributed by atoms with E-state index < -0.39 is 0 Å². The molecule has 0 atom stereocenters. The molecule has 0 unspecified atom stereocenters. The molecule has 5 nitrogen and oxygen atoms in total. The van der Waals surface area contributed by atoms with Gasteiger partial charge in [0, 0.05) is 71.5 Å². The maximum Gasteiger partial charge on any atom is 0.160 e. The molecule has 0 saturated carbocycles. The summed E-state index contributed by atoms with van der Waals surface area (Å²) in [5, 5.41) is 7.28. The Morgan fingerprint density at radius 1 is 0.266 bits per heavy atom. The van der Waals surface area contributed by atoms with E-state index in [9.17, 15) is 0 Å². The Kier molecular flexibility index (Phi) is 12.8. The molecule has 1 aliphatic carbocycles. The number of hydrogen-bond acceptors (Lipinski definition) is 2. The lowest BCUT2D eigenvalue weighted by molar-refractivity contribution is 0.660. The van der Waals surface area contributed by atoms with Gasteiger partial charge in [0.2, 0.25) is 0 Å². The molecule has 17 aromatic rings. The van der Waals surface area contributed by atoms with Crippen molar-refractivity contribution in [1.29, 1.82) is 0 Å². The lowest BCUT2D eigenvalue weighted by Gasteiger charge is -2.22. The van der Waals surface area contributed by atoms with Crippen molar-refractivity contribution >= 4 is 65.4 Å². The number of aryl methyl sites for hydroxylation is 2. The van der Waals surface area contributed by atoms with E-state index in [0.717, 1.165) is 91.3 Å². The normalized spacial score (nSPS) is 12.6. The van der Waals surface area contributed by atoms with Crippen molar-refractivity contribution in [3.63, 3.8) is 0 Å². The molecule has 13 aromatic carbocycles. The first-order valence-electron chi connectivity index (χ1n) is 33.0. The fraction of sp³-hybridized carbons (Fsp3) is 0.0787. The quantitative estimate of drug-likeness (QED) is 0.129. The van der Waals surface area contributed by atoms with E-state index in [-0.39, 0.29) is 5.41 Å². The first-order valence-corrected chi connectivity index (χ1v) is 33.0. The second-order valence-electron chi connectivity index (χ2n) is 25.8. The van der Waals surface area contributed by atoms with Gasteiger partial charge in [-0.3, -0.25) is 0 Å². The molecule has 0 spiro atoms. The Morgan fingerprint density at radius 2 is 0.670 bits per heavy atom. The second-order valence-corrected chi connectivity index (χ2v) is 25.8. The summed E-state index contributed by atoms with van der Waals surface area (Å²) in [5.41, 5.74) is 30.2. The van der Waals surface area contributed by atoms with Crippen LogP contribution >= 0.6 is 0 Å². The van der Waals surface area contributed by atoms with Crippen molar-refractivity contribution in [2.24, 2.45) is 0 Å². The van der Waals surface area contributed by atoms with Crippen LogP contribution in [-0.2, 0) is 18.3 Å². The number of benzene rings is 13. The number of para-hydroxylation sites is 2. The molecule has 0 saturated heterocycles. The lowest BCUT2D eigenvalue weighted by Crippen LogP contribution is -2.15. The van der Waals surface area contributed by atoms with Crippen molar-refractivity contribution in [2.75, 3.05) is 0 Å². The van der Waals surface area contributed by atoms with E-state index in [1.54, 1.807) is 0 Å². The zero-order chi connectivity index (χ0) is 62.8. The molecule has 0 N–H and O–H groups in total. The van der Waals surface area contributed by atoms with Crippen LogP contribution in [-0.4, -0.2) is 23.7 Å². The van der Waals surface area contributed by atoms with E-state index >= 15 is 0 Å². The smallest absolute Gasteiger partial charge is 0.160 e. The first kappa shape index (κ1) is 55.2. The van der Waals surface area contributed by atoms with Gasteiger partial charge in [0.05, 0.1) is 44.5 Å². The van der Waals surface area contributed by atoms with Crippen molar-refractivity contribution in [2.45, 2.75) is 46.0 Å². The van der Waals surface area contributed by atoms with Crippen LogP contribution in [0.15, 0.2) is 297 Å². The van der Waals surface area contributed by atoms with Gasteiger partial charge < -0.3 is 13.7 Å². The zero-order valence-corrected chi connectivity index (χ0v) is 52.9. The largest absolute Gasteiger partial charge is 0.309 e. The molecule has 0 bridgehead atoms. The van der Waals surface area contributed by atoms with Gasteiger partial charge >= 0.3 is 0 Å². The summed E-state index contributed by atoms with van der Waals surface area (Å²) in [6.45, 7) is 9.27. The predicted molar refractivity (Wildman–Crippen MR) is 394 cm³/mol. The first-order chi connectivity index (χ1) is 46.3. The Morgan fingerprint density at radius 3 is 1.21 bits per heavy atom. The van der Waals surface area contributed by atoms with Crippen molar-refractivity contribution in [3.8, 4) is 95.5 Å². The maximum absolute atomic E-state index is 5.34. The maximum atomic E-state index is 5.34. The van der Waals surface area contributed by atoms with Crippen LogP contribution in [0.3, 0.4) is 0 Å². The summed E-state index contributed by atoms with van der Waals surface area (Å²) in [5.74, 6) is 0.666. The Hall–Kier alpha value is -11.7. The highest BCUT2D eigenvalue weighted by Crippen LogP contribution is 2.50. The van der Waals surface area contributed by atoms with E-state index in [2.05, 4.69) is 339 Å². The Balaban J connectivity index is 0.823. The molecule has 5 heteroatoms. The third-order valence-electron chi connectivity index (χ3n) is 20.3. The molecule has 0 radical (unpaired) electrons. The van der Waals surface area contributed by atoms with Crippen LogP contribution in [0.25, 0.3) is 161 Å². The summed E-state index contributed by atoms with van der Waals surface area (Å²) in [7, 11) is 0. The van der Waals surface area contributed by atoms with E-state index in [1.807, 2.05) is 0 Å². The van der Waals surface area contributed by atoms with Gasteiger partial charge in [-0.2, -0.15) is 0 Å². The number of nitrogens with zero attached hydrogens (tertiary/aromatic N) is 5. The van der Waals surface area contributed by atoms with Crippen molar-refractivity contribution < 1.29 is 0 Å². The Bertz CT molecular complexity index is 5860. The molecule has 4 heterocycles. The van der Waals surface area contributed by atoms with E-state index in [4.69, 9.17) is 9.97 Å². The van der Waals surface area contributed by atoms with Gasteiger partial charge in [0.1, 0.15) is 0 Å². The molecule has 0 aliphatic heterocycles. The monoisotopic (exact) mass is 1200 g/mol. The van der Waals surface area contributed by atoms with Gasteiger partial charge in [-0.15, -0.1) is 0 Å². The lowest BCUT2D eigenvalue weighted by atomic mass is 9.82. The third-order valence-corrected chi connectivity index (χ3v) is 20.3. The van der Waals surface area contributed by atoms with Crippen LogP contribution < -0.4 is 0 Å². The van der Waals surface area contributed by atoms with Crippen LogP contribution in [0.1, 0.15) is 49.9 Å². The topological polar surface area (TPSA) is 40.6 Å². The van der Waals surface area contributed by atoms with Crippen LogP contribution in [0.5, 0.6) is 0 Å². The summed E-state index contributed by atoms with van der Waals surface area (Å²) >= 11 is 0. The fourth-order valence-electron chi connectivity index (χ4n) is 15.6. The highest BCUT2D eigenvalue weighted by Gasteiger charge is 2.35. The highest BCUT2D eigenvalue weighted by atomic mass is 15.0. The van der Waals surface area contributed by atoms with Crippen LogP contribution in [0.2, 0.25) is 0 Å². The second kappa shape index (κ2) is 21.8. The zero-order valence-electron chi connectivity index (χ0n) is 52.9. The number of aromatic nitrogens is 5. The third kappa shape index (κ3) is 8.76. The molecule has 446 valence electrons. The minimum Gasteiger partial charge on any atom is -0.309 e. The summed E-state index contributed by atoms with van der Waals surface area (Å²) in [4.78, 5) is 10.7. The number of fused-ring (bicyclic) bond motifs is 12. The fourth-order valence-corrected chi connectivity index (χ4v) is 15.6. The molecule has 18 rings (SSSR count). The summed E-state index contributed by atoms with van der Waals surface area (Å²) in [6.07, 6.45) is 1.91. The average Bonchev–Trinajstić information content (AvgIpc) is 1.58. The van der Waals surface area contributed by atoms with Crippen LogP contribution in [0, 0.1) is 0 Å². The molecular weight excluding hydrogens is 1140 g/mol. The van der Waals surface area contributed by atoms with Gasteiger partial charge in [0.25, 0.3) is 0 Å². The molecule has 1 aliphatic rings. The number of hydrogen-bond donors (Lipinski definition) is 0. The molecule has 0 fully saturated rings. The van der Waals surface area contributed by atoms with Gasteiger partial charge in [-0.05, 0) is 158 Å². The standard InChI is InChI=1S/C89H65N5/c1-5-56-22-13-14-29-68(56)69-46-40-66(48-57(69)6-2)92-82-34-19-16-31-72(82)74-42-36-60(50-84(74)92)62-38-44-76-77-45-39-63(61-37-43-75-73-32-17-20-35-83(73)93(85(75)51-61)67-41-47-71-70-30-15-18-33-78(70)89(3,4)79(71)54-67)53-87(77)94(86(76)52-62)65-28-21-27-64(49-65)88-90-80(58-23-9-7-10-24-58)55-81(91-88)59-25-11-8-12-26-59/h7-55H,5-6H2,1-4H3. The van der Waals surface area contributed by atoms with E-state index in [1.165, 1.54) is 98.9 Å². The average molecular weight is 1200 g/mol. The Labute approximate surface area is 546 Å². The molecule has 4 aromatic heterocycles. The van der Waals surface area contributed by atoms with Gasteiger partial charge in [0.15, 0.2) is 5.82 Å².